The first-order valence-electron chi connectivity index (χ1n) is 7.93. The number of phenolic OH excluding ortho intramolecular Hbond substituents is 1. The van der Waals surface area contributed by atoms with Crippen LogP contribution in [0.3, 0.4) is 0 Å². The fraction of sp³-hybridized carbons (Fsp3) is 0.316. The Balaban J connectivity index is 1.97. The summed E-state index contributed by atoms with van der Waals surface area (Å²) in [6, 6.07) is 7.85. The van der Waals surface area contributed by atoms with E-state index in [1.54, 1.807) is 28.4 Å². The minimum Gasteiger partial charge on any atom is -0.504 e. The molecule has 1 aliphatic heterocycles. The van der Waals surface area contributed by atoms with Crippen LogP contribution in [0.1, 0.15) is 24.3 Å². The number of thiophene rings is 1. The maximum atomic E-state index is 12.3. The Kier molecular flexibility index (Phi) is 4.62. The second-order valence-corrected chi connectivity index (χ2v) is 7.51. The predicted octanol–water partition coefficient (Wildman–Crippen LogP) is 4.12. The highest BCUT2D eigenvalue weighted by atomic mass is 32.1. The van der Waals surface area contributed by atoms with Gasteiger partial charge in [0.15, 0.2) is 11.5 Å². The molecule has 4 nitrogen and oxygen atoms in total. The fourth-order valence-electron chi connectivity index (χ4n) is 2.76. The molecule has 0 saturated heterocycles. The zero-order valence-corrected chi connectivity index (χ0v) is 14.9. The summed E-state index contributed by atoms with van der Waals surface area (Å²) in [4.78, 5) is 16.4. The number of amides is 1. The highest BCUT2D eigenvalue weighted by molar-refractivity contribution is 7.15. The molecular weight excluding hydrogens is 322 g/mol. The summed E-state index contributed by atoms with van der Waals surface area (Å²) in [5, 5.41) is 10.4. The zero-order valence-electron chi connectivity index (χ0n) is 14.1. The molecule has 1 N–H and O–H groups in total. The maximum Gasteiger partial charge on any atom is 0.246 e. The smallest absolute Gasteiger partial charge is 0.246 e. The quantitative estimate of drug-likeness (QED) is 0.835. The second kappa shape index (κ2) is 6.69. The number of carbonyl (C=O) groups is 1. The van der Waals surface area contributed by atoms with E-state index < -0.39 is 0 Å². The van der Waals surface area contributed by atoms with Gasteiger partial charge in [-0.15, -0.1) is 11.3 Å². The number of carbonyl (C=O) groups excluding carboxylic acids is 1. The van der Waals surface area contributed by atoms with Crippen molar-refractivity contribution in [1.82, 2.24) is 4.90 Å². The first-order valence-corrected chi connectivity index (χ1v) is 8.75. The standard InChI is InChI=1S/C19H21NO3S/c1-12(2)8-18(22)20-6-7-23-19-15(11-20)9-14(10-16(19)21)17-5-4-13(3)24-17/h4-5,8-10,21H,6-7,11H2,1-3H3. The van der Waals surface area contributed by atoms with Gasteiger partial charge >= 0.3 is 0 Å². The van der Waals surface area contributed by atoms with Crippen LogP contribution in [0.5, 0.6) is 11.5 Å². The van der Waals surface area contributed by atoms with Crippen LogP contribution in [0.4, 0.5) is 0 Å². The van der Waals surface area contributed by atoms with Crippen LogP contribution in [0.25, 0.3) is 10.4 Å². The van der Waals surface area contributed by atoms with Crippen molar-refractivity contribution in [3.63, 3.8) is 0 Å². The van der Waals surface area contributed by atoms with Gasteiger partial charge < -0.3 is 14.7 Å². The minimum atomic E-state index is -0.0247. The van der Waals surface area contributed by atoms with E-state index in [1.165, 1.54) is 4.88 Å². The van der Waals surface area contributed by atoms with E-state index in [4.69, 9.17) is 4.74 Å². The molecule has 0 fully saturated rings. The highest BCUT2D eigenvalue weighted by Gasteiger charge is 2.22. The number of benzene rings is 1. The van der Waals surface area contributed by atoms with E-state index >= 15 is 0 Å². The van der Waals surface area contributed by atoms with Crippen molar-refractivity contribution in [2.75, 3.05) is 13.2 Å². The molecule has 1 aromatic heterocycles. The van der Waals surface area contributed by atoms with E-state index in [1.807, 2.05) is 26.0 Å². The Labute approximate surface area is 146 Å². The number of hydrogen-bond donors (Lipinski definition) is 1. The van der Waals surface area contributed by atoms with Gasteiger partial charge in [0, 0.05) is 27.9 Å². The average molecular weight is 343 g/mol. The van der Waals surface area contributed by atoms with Crippen molar-refractivity contribution in [3.05, 3.63) is 46.4 Å². The van der Waals surface area contributed by atoms with Crippen LogP contribution in [0.15, 0.2) is 35.9 Å². The number of hydrogen-bond acceptors (Lipinski definition) is 4. The van der Waals surface area contributed by atoms with Crippen LogP contribution >= 0.6 is 11.3 Å². The summed E-state index contributed by atoms with van der Waals surface area (Å²) < 4.78 is 5.70. The van der Waals surface area contributed by atoms with E-state index in [-0.39, 0.29) is 11.7 Å². The van der Waals surface area contributed by atoms with Crippen LogP contribution in [0.2, 0.25) is 0 Å². The molecule has 5 heteroatoms. The lowest BCUT2D eigenvalue weighted by Crippen LogP contribution is -2.31. The summed E-state index contributed by atoms with van der Waals surface area (Å²) in [5.41, 5.74) is 2.75. The highest BCUT2D eigenvalue weighted by Crippen LogP contribution is 2.39. The normalized spacial score (nSPS) is 13.7. The van der Waals surface area contributed by atoms with Gasteiger partial charge in [-0.3, -0.25) is 4.79 Å². The van der Waals surface area contributed by atoms with Crippen molar-refractivity contribution in [2.45, 2.75) is 27.3 Å². The van der Waals surface area contributed by atoms with Gasteiger partial charge in [0.05, 0.1) is 6.54 Å². The number of fused-ring (bicyclic) bond motifs is 1. The maximum absolute atomic E-state index is 12.3. The second-order valence-electron chi connectivity index (χ2n) is 6.22. The molecule has 0 saturated carbocycles. The Morgan fingerprint density at radius 3 is 2.79 bits per heavy atom. The van der Waals surface area contributed by atoms with Gasteiger partial charge in [0.1, 0.15) is 6.61 Å². The Morgan fingerprint density at radius 1 is 1.33 bits per heavy atom. The van der Waals surface area contributed by atoms with E-state index in [2.05, 4.69) is 13.0 Å². The van der Waals surface area contributed by atoms with Gasteiger partial charge in [-0.2, -0.15) is 0 Å². The van der Waals surface area contributed by atoms with Crippen molar-refractivity contribution in [1.29, 1.82) is 0 Å². The first kappa shape index (κ1) is 16.6. The number of phenols is 1. The predicted molar refractivity (Wildman–Crippen MR) is 96.5 cm³/mol. The number of aromatic hydroxyl groups is 1. The largest absolute Gasteiger partial charge is 0.504 e. The number of ether oxygens (including phenoxy) is 1. The van der Waals surface area contributed by atoms with Gasteiger partial charge in [0.25, 0.3) is 0 Å². The van der Waals surface area contributed by atoms with E-state index in [9.17, 15) is 9.90 Å². The molecule has 1 amide bonds. The van der Waals surface area contributed by atoms with Crippen molar-refractivity contribution >= 4 is 17.2 Å². The molecule has 0 bridgehead atoms. The topological polar surface area (TPSA) is 49.8 Å². The molecule has 0 spiro atoms. The Hall–Kier alpha value is -2.27. The molecule has 2 aromatic rings. The van der Waals surface area contributed by atoms with Crippen LogP contribution < -0.4 is 4.74 Å². The Bertz CT molecular complexity index is 803. The molecule has 1 aliphatic rings. The first-order chi connectivity index (χ1) is 11.4. The SMILES string of the molecule is CC(C)=CC(=O)N1CCOc2c(O)cc(-c3ccc(C)s3)cc2C1. The third-order valence-electron chi connectivity index (χ3n) is 3.86. The number of allylic oxidation sites excluding steroid dienone is 1. The molecule has 0 radical (unpaired) electrons. The van der Waals surface area contributed by atoms with Crippen LogP contribution in [-0.4, -0.2) is 29.1 Å². The molecule has 0 aliphatic carbocycles. The summed E-state index contributed by atoms with van der Waals surface area (Å²) >= 11 is 1.68. The van der Waals surface area contributed by atoms with Crippen molar-refractivity contribution < 1.29 is 14.6 Å². The third kappa shape index (κ3) is 3.46. The van der Waals surface area contributed by atoms with Gasteiger partial charge in [-0.05, 0) is 50.6 Å². The number of aryl methyl sites for hydroxylation is 1. The fourth-order valence-corrected chi connectivity index (χ4v) is 3.61. The van der Waals surface area contributed by atoms with Crippen LogP contribution in [0, 0.1) is 6.92 Å². The average Bonchev–Trinajstić information content (AvgIpc) is 2.81. The number of nitrogens with zero attached hydrogens (tertiary/aromatic N) is 1. The van der Waals surface area contributed by atoms with Gasteiger partial charge in [-0.25, -0.2) is 0 Å². The van der Waals surface area contributed by atoms with Gasteiger partial charge in [0.2, 0.25) is 5.91 Å². The zero-order chi connectivity index (χ0) is 17.3. The molecule has 24 heavy (non-hydrogen) atoms. The lowest BCUT2D eigenvalue weighted by molar-refractivity contribution is -0.126. The summed E-state index contributed by atoms with van der Waals surface area (Å²) in [5.74, 6) is 0.591. The Morgan fingerprint density at radius 2 is 2.12 bits per heavy atom. The summed E-state index contributed by atoms with van der Waals surface area (Å²) in [6.45, 7) is 7.18. The van der Waals surface area contributed by atoms with E-state index in [0.29, 0.717) is 25.4 Å². The van der Waals surface area contributed by atoms with Crippen molar-refractivity contribution in [2.24, 2.45) is 0 Å². The molecule has 0 atom stereocenters. The lowest BCUT2D eigenvalue weighted by Gasteiger charge is -2.18. The van der Waals surface area contributed by atoms with Gasteiger partial charge in [-0.1, -0.05) is 5.57 Å². The summed E-state index contributed by atoms with van der Waals surface area (Å²) in [6.07, 6.45) is 1.64. The summed E-state index contributed by atoms with van der Waals surface area (Å²) in [7, 11) is 0. The van der Waals surface area contributed by atoms with E-state index in [0.717, 1.165) is 21.6 Å². The molecular formula is C19H21NO3S. The lowest BCUT2D eigenvalue weighted by atomic mass is 10.1. The third-order valence-corrected chi connectivity index (χ3v) is 4.91. The number of rotatable bonds is 2. The monoisotopic (exact) mass is 343 g/mol. The molecule has 0 unspecified atom stereocenters. The molecule has 1 aromatic carbocycles. The molecule has 126 valence electrons. The van der Waals surface area contributed by atoms with Crippen molar-refractivity contribution in [3.8, 4) is 21.9 Å². The molecule has 3 rings (SSSR count). The molecule has 2 heterocycles. The van der Waals surface area contributed by atoms with Crippen LogP contribution in [-0.2, 0) is 11.3 Å². The minimum absolute atomic E-state index is 0.0247.